The maximum Gasteiger partial charge on any atom is 0.193 e. The molecule has 1 heterocycles. The minimum absolute atomic E-state index is 0.0213. The average Bonchev–Trinajstić information content (AvgIpc) is 3.28. The molecule has 218 valence electrons. The summed E-state index contributed by atoms with van der Waals surface area (Å²) in [6, 6.07) is 30.1. The minimum Gasteiger partial charge on any atom is -0.408 e. The molecular formula is C35H44O5Si. The lowest BCUT2D eigenvalue weighted by Gasteiger charge is -2.40. The van der Waals surface area contributed by atoms with Gasteiger partial charge in [-0.2, -0.15) is 0 Å². The molecule has 41 heavy (non-hydrogen) atoms. The summed E-state index contributed by atoms with van der Waals surface area (Å²) >= 11 is 0. The molecule has 1 aliphatic rings. The van der Waals surface area contributed by atoms with E-state index < -0.39 is 38.0 Å². The Hall–Kier alpha value is -2.87. The van der Waals surface area contributed by atoms with Crippen LogP contribution in [0.15, 0.2) is 104 Å². The average molecular weight is 573 g/mol. The molecule has 0 aromatic heterocycles. The number of ether oxygens (including phenoxy) is 3. The normalized spacial score (nSPS) is 20.0. The van der Waals surface area contributed by atoms with Gasteiger partial charge < -0.3 is 18.6 Å². The van der Waals surface area contributed by atoms with E-state index in [9.17, 15) is 4.79 Å². The molecule has 3 aromatic rings. The molecule has 0 spiro atoms. The van der Waals surface area contributed by atoms with Crippen LogP contribution in [0.25, 0.3) is 0 Å². The van der Waals surface area contributed by atoms with Crippen LogP contribution in [-0.2, 0) is 29.0 Å². The van der Waals surface area contributed by atoms with Crippen LogP contribution in [0.5, 0.6) is 0 Å². The topological polar surface area (TPSA) is 54.0 Å². The summed E-state index contributed by atoms with van der Waals surface area (Å²) in [4.78, 5) is 14.1. The molecule has 1 aliphatic heterocycles. The lowest BCUT2D eigenvalue weighted by Crippen LogP contribution is -2.50. The van der Waals surface area contributed by atoms with E-state index in [4.69, 9.17) is 18.6 Å². The van der Waals surface area contributed by atoms with Gasteiger partial charge in [0, 0.05) is 0 Å². The number of carbonyl (C=O) groups excluding carboxylic acids is 1. The Bertz CT molecular complexity index is 1200. The zero-order chi connectivity index (χ0) is 29.9. The van der Waals surface area contributed by atoms with Crippen LogP contribution >= 0.6 is 0 Å². The summed E-state index contributed by atoms with van der Waals surface area (Å²) < 4.78 is 26.0. The van der Waals surface area contributed by atoms with E-state index in [-0.39, 0.29) is 17.4 Å². The highest BCUT2D eigenvalue weighted by Crippen LogP contribution is 2.42. The smallest absolute Gasteiger partial charge is 0.193 e. The standard InChI is InChI=1S/C35H44O5Si/c1-9-30(40-41(7,8)33(2,3)4)32-31(38-34(5,6)39-32)29(36)25-37-35(26-19-13-10-14-20-26,27-21-15-11-16-22-27)28-23-17-12-18-24-28/h9-24,30-32H,1,25H2,2-8H3/t30-,31-,32+/m1/s1. The molecule has 3 aromatic carbocycles. The number of hydrogen-bond acceptors (Lipinski definition) is 5. The van der Waals surface area contributed by atoms with Gasteiger partial charge in [-0.15, -0.1) is 6.58 Å². The zero-order valence-corrected chi connectivity index (χ0v) is 26.4. The van der Waals surface area contributed by atoms with Crippen LogP contribution in [0.2, 0.25) is 18.1 Å². The lowest BCUT2D eigenvalue weighted by atomic mass is 9.80. The summed E-state index contributed by atoms with van der Waals surface area (Å²) in [6.07, 6.45) is -0.293. The Balaban J connectivity index is 1.70. The summed E-state index contributed by atoms with van der Waals surface area (Å²) in [6.45, 7) is 18.4. The van der Waals surface area contributed by atoms with Gasteiger partial charge in [-0.1, -0.05) is 118 Å². The molecular weight excluding hydrogens is 528 g/mol. The number of hydrogen-bond donors (Lipinski definition) is 0. The molecule has 4 rings (SSSR count). The van der Waals surface area contributed by atoms with Gasteiger partial charge in [0.2, 0.25) is 0 Å². The molecule has 0 bridgehead atoms. The van der Waals surface area contributed by atoms with Crippen LogP contribution in [0.3, 0.4) is 0 Å². The minimum atomic E-state index is -2.20. The molecule has 0 amide bonds. The Labute approximate surface area is 246 Å². The van der Waals surface area contributed by atoms with Crippen molar-refractivity contribution in [2.24, 2.45) is 0 Å². The first-order valence-electron chi connectivity index (χ1n) is 14.3. The highest BCUT2D eigenvalue weighted by Gasteiger charge is 2.51. The Kier molecular flexibility index (Phi) is 9.21. The third-order valence-corrected chi connectivity index (χ3v) is 12.7. The van der Waals surface area contributed by atoms with E-state index >= 15 is 0 Å². The van der Waals surface area contributed by atoms with Crippen molar-refractivity contribution in [2.45, 2.75) is 82.5 Å². The molecule has 0 saturated carbocycles. The van der Waals surface area contributed by atoms with E-state index in [0.29, 0.717) is 0 Å². The predicted molar refractivity (Wildman–Crippen MR) is 166 cm³/mol. The van der Waals surface area contributed by atoms with Crippen molar-refractivity contribution in [1.29, 1.82) is 0 Å². The SMILES string of the molecule is C=C[C@@H](O[Si](C)(C)C(C)(C)C)[C@@H]1OC(C)(C)O[C@@H]1C(=O)COC(c1ccccc1)(c1ccccc1)c1ccccc1. The monoisotopic (exact) mass is 572 g/mol. The van der Waals surface area contributed by atoms with Gasteiger partial charge in [0.05, 0.1) is 6.10 Å². The first kappa shape index (κ1) is 31.1. The van der Waals surface area contributed by atoms with Crippen LogP contribution < -0.4 is 0 Å². The maximum atomic E-state index is 14.1. The van der Waals surface area contributed by atoms with Crippen molar-refractivity contribution < 1.29 is 23.4 Å². The van der Waals surface area contributed by atoms with Crippen molar-refractivity contribution >= 4 is 14.1 Å². The summed E-state index contributed by atoms with van der Waals surface area (Å²) in [7, 11) is -2.20. The van der Waals surface area contributed by atoms with Crippen molar-refractivity contribution in [2.75, 3.05) is 6.61 Å². The molecule has 5 nitrogen and oxygen atoms in total. The molecule has 0 aliphatic carbocycles. The van der Waals surface area contributed by atoms with E-state index in [1.165, 1.54) is 0 Å². The number of ketones is 1. The second-order valence-corrected chi connectivity index (χ2v) is 17.4. The summed E-state index contributed by atoms with van der Waals surface area (Å²) in [5.41, 5.74) is 1.77. The van der Waals surface area contributed by atoms with E-state index in [0.717, 1.165) is 16.7 Å². The van der Waals surface area contributed by atoms with Crippen molar-refractivity contribution in [1.82, 2.24) is 0 Å². The van der Waals surface area contributed by atoms with Crippen LogP contribution in [0.1, 0.15) is 51.3 Å². The lowest BCUT2D eigenvalue weighted by molar-refractivity contribution is -0.160. The van der Waals surface area contributed by atoms with Crippen molar-refractivity contribution in [3.8, 4) is 0 Å². The first-order chi connectivity index (χ1) is 19.3. The van der Waals surface area contributed by atoms with E-state index in [1.807, 2.05) is 105 Å². The van der Waals surface area contributed by atoms with Crippen molar-refractivity contribution in [3.05, 3.63) is 120 Å². The van der Waals surface area contributed by atoms with Gasteiger partial charge in [-0.25, -0.2) is 0 Å². The molecule has 1 saturated heterocycles. The molecule has 1 fully saturated rings. The Morgan fingerprint density at radius 3 is 1.71 bits per heavy atom. The molecule has 3 atom stereocenters. The fourth-order valence-electron chi connectivity index (χ4n) is 5.07. The quantitative estimate of drug-likeness (QED) is 0.134. The van der Waals surface area contributed by atoms with Gasteiger partial charge in [0.25, 0.3) is 0 Å². The third kappa shape index (κ3) is 6.63. The van der Waals surface area contributed by atoms with Crippen LogP contribution in [-0.4, -0.2) is 44.8 Å². The second kappa shape index (κ2) is 12.2. The summed E-state index contributed by atoms with van der Waals surface area (Å²) in [5.74, 6) is -1.17. The number of carbonyl (C=O) groups is 1. The largest absolute Gasteiger partial charge is 0.408 e. The fourth-order valence-corrected chi connectivity index (χ4v) is 6.34. The van der Waals surface area contributed by atoms with Gasteiger partial charge in [0.15, 0.2) is 26.0 Å². The highest BCUT2D eigenvalue weighted by atomic mass is 28.4. The fraction of sp³-hybridized carbons (Fsp3) is 0.400. The predicted octanol–water partition coefficient (Wildman–Crippen LogP) is 7.66. The number of benzene rings is 3. The molecule has 6 heteroatoms. The van der Waals surface area contributed by atoms with Crippen LogP contribution in [0.4, 0.5) is 0 Å². The van der Waals surface area contributed by atoms with Gasteiger partial charge >= 0.3 is 0 Å². The first-order valence-corrected chi connectivity index (χ1v) is 17.2. The van der Waals surface area contributed by atoms with Gasteiger partial charge in [-0.05, 0) is 48.7 Å². The number of Topliss-reactive ketones (excluding diaryl/α,β-unsaturated/α-hetero) is 1. The molecule has 0 N–H and O–H groups in total. The van der Waals surface area contributed by atoms with E-state index in [2.05, 4.69) is 40.4 Å². The maximum absolute atomic E-state index is 14.1. The second-order valence-electron chi connectivity index (χ2n) is 12.6. The molecule has 0 radical (unpaired) electrons. The Morgan fingerprint density at radius 2 is 1.32 bits per heavy atom. The number of rotatable bonds is 11. The third-order valence-electron chi connectivity index (χ3n) is 8.21. The highest BCUT2D eigenvalue weighted by molar-refractivity contribution is 6.74. The van der Waals surface area contributed by atoms with Crippen LogP contribution in [0, 0.1) is 0 Å². The molecule has 0 unspecified atom stereocenters. The van der Waals surface area contributed by atoms with Crippen molar-refractivity contribution in [3.63, 3.8) is 0 Å². The van der Waals surface area contributed by atoms with Gasteiger partial charge in [-0.3, -0.25) is 4.79 Å². The summed E-state index contributed by atoms with van der Waals surface area (Å²) in [5, 5.41) is -0.0213. The zero-order valence-electron chi connectivity index (χ0n) is 25.4. The Morgan fingerprint density at radius 1 is 0.878 bits per heavy atom. The van der Waals surface area contributed by atoms with E-state index in [1.54, 1.807) is 6.08 Å². The van der Waals surface area contributed by atoms with Gasteiger partial charge in [0.1, 0.15) is 18.3 Å².